The van der Waals surface area contributed by atoms with E-state index in [1.165, 1.54) is 11.3 Å². The topological polar surface area (TPSA) is 104 Å². The van der Waals surface area contributed by atoms with E-state index >= 15 is 0 Å². The molecule has 35 heavy (non-hydrogen) atoms. The summed E-state index contributed by atoms with van der Waals surface area (Å²) in [7, 11) is 0. The molecule has 1 fully saturated rings. The summed E-state index contributed by atoms with van der Waals surface area (Å²) < 4.78 is 5.54. The lowest BCUT2D eigenvalue weighted by atomic mass is 10.0. The Kier molecular flexibility index (Phi) is 5.52. The number of carbonyl (C=O) groups excluding carboxylic acids is 4. The second kappa shape index (κ2) is 8.68. The predicted octanol–water partition coefficient (Wildman–Crippen LogP) is 3.57. The third-order valence-electron chi connectivity index (χ3n) is 6.06. The van der Waals surface area contributed by atoms with Crippen LogP contribution in [0, 0.1) is 13.8 Å². The highest BCUT2D eigenvalue weighted by molar-refractivity contribution is 6.53. The van der Waals surface area contributed by atoms with Crippen molar-refractivity contribution >= 4 is 35.2 Å². The average Bonchev–Trinajstić information content (AvgIpc) is 3.57. The number of rotatable bonds is 5. The molecule has 0 saturated carbocycles. The molecule has 1 atom stereocenters. The van der Waals surface area contributed by atoms with Gasteiger partial charge in [0.05, 0.1) is 17.7 Å². The number of hydrogen-bond acceptors (Lipinski definition) is 6. The molecule has 5 rings (SSSR count). The summed E-state index contributed by atoms with van der Waals surface area (Å²) in [5.74, 6) is -2.13. The highest BCUT2D eigenvalue weighted by atomic mass is 16.3. The number of hydrazone groups is 1. The van der Waals surface area contributed by atoms with E-state index in [-0.39, 0.29) is 5.69 Å². The van der Waals surface area contributed by atoms with Crippen LogP contribution in [0.3, 0.4) is 0 Å². The highest BCUT2D eigenvalue weighted by Crippen LogP contribution is 2.33. The molecule has 3 heterocycles. The van der Waals surface area contributed by atoms with E-state index in [1.54, 1.807) is 36.4 Å². The zero-order valence-electron chi connectivity index (χ0n) is 19.2. The van der Waals surface area contributed by atoms with Crippen molar-refractivity contribution < 1.29 is 23.6 Å². The first-order chi connectivity index (χ1) is 16.8. The van der Waals surface area contributed by atoms with Gasteiger partial charge in [-0.2, -0.15) is 5.10 Å². The van der Waals surface area contributed by atoms with Gasteiger partial charge < -0.3 is 4.42 Å². The fraction of sp³-hybridized carbons (Fsp3) is 0.192. The van der Waals surface area contributed by atoms with Gasteiger partial charge in [0, 0.05) is 6.42 Å². The van der Waals surface area contributed by atoms with E-state index in [0.29, 0.717) is 22.8 Å². The summed E-state index contributed by atoms with van der Waals surface area (Å²) in [5.41, 5.74) is 3.83. The summed E-state index contributed by atoms with van der Waals surface area (Å²) in [4.78, 5) is 52.9. The highest BCUT2D eigenvalue weighted by Gasteiger charge is 2.47. The molecule has 1 aromatic heterocycles. The van der Waals surface area contributed by atoms with Crippen LogP contribution in [-0.4, -0.2) is 45.9 Å². The fourth-order valence-electron chi connectivity index (χ4n) is 4.14. The molecule has 0 spiro atoms. The first kappa shape index (κ1) is 22.3. The third kappa shape index (κ3) is 4.01. The molecule has 1 unspecified atom stereocenters. The molecule has 2 aliphatic rings. The van der Waals surface area contributed by atoms with Gasteiger partial charge in [0.25, 0.3) is 5.91 Å². The molecule has 2 aromatic carbocycles. The fourth-order valence-corrected chi connectivity index (χ4v) is 4.14. The molecule has 9 heteroatoms. The van der Waals surface area contributed by atoms with Crippen LogP contribution in [0.2, 0.25) is 0 Å². The molecular weight excluding hydrogens is 448 g/mol. The van der Waals surface area contributed by atoms with Crippen molar-refractivity contribution in [2.45, 2.75) is 26.3 Å². The third-order valence-corrected chi connectivity index (χ3v) is 6.06. The van der Waals surface area contributed by atoms with Crippen LogP contribution in [0.4, 0.5) is 10.5 Å². The van der Waals surface area contributed by atoms with Crippen molar-refractivity contribution in [3.63, 3.8) is 0 Å². The molecule has 0 N–H and O–H groups in total. The van der Waals surface area contributed by atoms with Crippen molar-refractivity contribution in [2.24, 2.45) is 5.10 Å². The smallest absolute Gasteiger partial charge is 0.339 e. The zero-order valence-corrected chi connectivity index (χ0v) is 19.2. The van der Waals surface area contributed by atoms with Gasteiger partial charge in [-0.1, -0.05) is 47.5 Å². The molecule has 5 amide bonds. The Hall–Kier alpha value is -4.53. The zero-order chi connectivity index (χ0) is 24.7. The minimum Gasteiger partial charge on any atom is -0.467 e. The summed E-state index contributed by atoms with van der Waals surface area (Å²) in [6, 6.07) is 16.4. The van der Waals surface area contributed by atoms with E-state index < -0.39 is 36.3 Å². The summed E-state index contributed by atoms with van der Waals surface area (Å²) in [5, 5.41) is 5.75. The van der Waals surface area contributed by atoms with Crippen molar-refractivity contribution in [2.75, 3.05) is 11.4 Å². The van der Waals surface area contributed by atoms with Crippen LogP contribution in [0.5, 0.6) is 0 Å². The first-order valence-corrected chi connectivity index (χ1v) is 11.1. The van der Waals surface area contributed by atoms with Gasteiger partial charge in [-0.05, 0) is 43.7 Å². The number of imide groups is 2. The number of furan rings is 1. The van der Waals surface area contributed by atoms with Gasteiger partial charge in [0.1, 0.15) is 18.3 Å². The minimum absolute atomic E-state index is 0.267. The van der Waals surface area contributed by atoms with Crippen LogP contribution in [0.1, 0.15) is 34.9 Å². The number of benzene rings is 2. The molecule has 0 aliphatic carbocycles. The van der Waals surface area contributed by atoms with E-state index in [4.69, 9.17) is 4.42 Å². The Balaban J connectivity index is 1.41. The van der Waals surface area contributed by atoms with Gasteiger partial charge in [-0.25, -0.2) is 19.6 Å². The number of hydrogen-bond donors (Lipinski definition) is 0. The monoisotopic (exact) mass is 470 g/mol. The van der Waals surface area contributed by atoms with Crippen LogP contribution < -0.4 is 4.90 Å². The van der Waals surface area contributed by atoms with Crippen LogP contribution >= 0.6 is 0 Å². The van der Waals surface area contributed by atoms with E-state index in [9.17, 15) is 19.2 Å². The summed E-state index contributed by atoms with van der Waals surface area (Å²) in [6.45, 7) is 3.23. The Labute approximate surface area is 201 Å². The normalized spacial score (nSPS) is 18.0. The number of urea groups is 1. The Morgan fingerprint density at radius 2 is 1.60 bits per heavy atom. The first-order valence-electron chi connectivity index (χ1n) is 11.1. The van der Waals surface area contributed by atoms with Crippen molar-refractivity contribution in [3.8, 4) is 0 Å². The Bertz CT molecular complexity index is 1340. The molecule has 176 valence electrons. The maximum atomic E-state index is 13.3. The maximum absolute atomic E-state index is 13.3. The molecular formula is C26H22N4O5. The number of nitrogens with zero attached hydrogens (tertiary/aromatic N) is 4. The van der Waals surface area contributed by atoms with E-state index in [2.05, 4.69) is 5.10 Å². The standard InChI is InChI=1S/C26H22N4O5/c1-16-5-9-18(10-6-16)20-14-21(22-4-3-13-35-22)30(27-20)23(31)15-28-24(32)25(33)29(26(28)34)19-11-7-17(2)8-12-19/h3-13,21H,14-15H2,1-2H3. The number of aryl methyl sites for hydroxylation is 2. The second-order valence-electron chi connectivity index (χ2n) is 8.54. The number of carbonyl (C=O) groups is 4. The molecule has 9 nitrogen and oxygen atoms in total. The lowest BCUT2D eigenvalue weighted by molar-refractivity contribution is -0.143. The molecule has 0 bridgehead atoms. The molecule has 0 radical (unpaired) electrons. The summed E-state index contributed by atoms with van der Waals surface area (Å²) >= 11 is 0. The number of anilines is 1. The lowest BCUT2D eigenvalue weighted by Crippen LogP contribution is -2.42. The average molecular weight is 470 g/mol. The largest absolute Gasteiger partial charge is 0.467 e. The molecule has 2 aliphatic heterocycles. The molecule has 3 aromatic rings. The SMILES string of the molecule is Cc1ccc(C2=NN(C(=O)CN3C(=O)C(=O)N(c4ccc(C)cc4)C3=O)C(c3ccco3)C2)cc1. The van der Waals surface area contributed by atoms with Crippen LogP contribution in [0.25, 0.3) is 0 Å². The van der Waals surface area contributed by atoms with Crippen molar-refractivity contribution in [1.29, 1.82) is 0 Å². The van der Waals surface area contributed by atoms with E-state index in [0.717, 1.165) is 21.6 Å². The van der Waals surface area contributed by atoms with Gasteiger partial charge in [-0.3, -0.25) is 14.4 Å². The number of amides is 5. The predicted molar refractivity (Wildman–Crippen MR) is 126 cm³/mol. The Morgan fingerprint density at radius 1 is 0.943 bits per heavy atom. The van der Waals surface area contributed by atoms with Crippen LogP contribution in [0.15, 0.2) is 76.4 Å². The minimum atomic E-state index is -1.06. The van der Waals surface area contributed by atoms with Gasteiger partial charge in [-0.15, -0.1) is 0 Å². The lowest BCUT2D eigenvalue weighted by Gasteiger charge is -2.22. The molecule has 1 saturated heterocycles. The second-order valence-corrected chi connectivity index (χ2v) is 8.54. The van der Waals surface area contributed by atoms with Crippen LogP contribution in [-0.2, 0) is 14.4 Å². The van der Waals surface area contributed by atoms with Crippen molar-refractivity contribution in [3.05, 3.63) is 89.4 Å². The van der Waals surface area contributed by atoms with E-state index in [1.807, 2.05) is 38.1 Å². The summed E-state index contributed by atoms with van der Waals surface area (Å²) in [6.07, 6.45) is 1.91. The maximum Gasteiger partial charge on any atom is 0.339 e. The quantitative estimate of drug-likeness (QED) is 0.419. The van der Waals surface area contributed by atoms with Gasteiger partial charge >= 0.3 is 17.8 Å². The Morgan fingerprint density at radius 3 is 2.23 bits per heavy atom. The van der Waals surface area contributed by atoms with Gasteiger partial charge in [0.15, 0.2) is 0 Å². The van der Waals surface area contributed by atoms with Crippen molar-refractivity contribution in [1.82, 2.24) is 9.91 Å². The van der Waals surface area contributed by atoms with Gasteiger partial charge in [0.2, 0.25) is 0 Å².